The molecule has 2 N–H and O–H groups in total. The molecular formula is C29H37N3. The molecule has 1 aliphatic rings. The van der Waals surface area contributed by atoms with Gasteiger partial charge in [-0.25, -0.2) is 0 Å². The van der Waals surface area contributed by atoms with E-state index in [1.807, 2.05) is 42.6 Å². The third-order valence-corrected chi connectivity index (χ3v) is 5.53. The van der Waals surface area contributed by atoms with E-state index < -0.39 is 0 Å². The van der Waals surface area contributed by atoms with Crippen LogP contribution < -0.4 is 5.32 Å². The smallest absolute Gasteiger partial charge is 0.106 e. The lowest BCUT2D eigenvalue weighted by molar-refractivity contribution is 0.442. The molecule has 3 heteroatoms. The molecule has 0 radical (unpaired) electrons. The van der Waals surface area contributed by atoms with Gasteiger partial charge in [0.05, 0.1) is 0 Å². The summed E-state index contributed by atoms with van der Waals surface area (Å²) in [7, 11) is 0. The summed E-state index contributed by atoms with van der Waals surface area (Å²) in [6.45, 7) is 16.7. The van der Waals surface area contributed by atoms with Crippen LogP contribution in [0.2, 0.25) is 0 Å². The predicted octanol–water partition coefficient (Wildman–Crippen LogP) is 6.83. The van der Waals surface area contributed by atoms with Crippen molar-refractivity contribution in [3.8, 4) is 0 Å². The van der Waals surface area contributed by atoms with Gasteiger partial charge in [0.1, 0.15) is 6.17 Å². The van der Waals surface area contributed by atoms with Crippen LogP contribution in [0.5, 0.6) is 0 Å². The van der Waals surface area contributed by atoms with Crippen molar-refractivity contribution in [2.24, 2.45) is 16.8 Å². The Balaban J connectivity index is 2.08. The van der Waals surface area contributed by atoms with Gasteiger partial charge in [0.2, 0.25) is 0 Å². The van der Waals surface area contributed by atoms with E-state index >= 15 is 0 Å². The highest BCUT2D eigenvalue weighted by Gasteiger charge is 2.20. The molecule has 0 amide bonds. The van der Waals surface area contributed by atoms with Crippen molar-refractivity contribution >= 4 is 11.9 Å². The van der Waals surface area contributed by atoms with Gasteiger partial charge in [-0.05, 0) is 47.5 Å². The van der Waals surface area contributed by atoms with Crippen molar-refractivity contribution in [3.63, 3.8) is 0 Å². The zero-order valence-corrected chi connectivity index (χ0v) is 19.6. The zero-order chi connectivity index (χ0) is 23.3. The summed E-state index contributed by atoms with van der Waals surface area (Å²) >= 11 is 0. The van der Waals surface area contributed by atoms with Crippen molar-refractivity contribution < 1.29 is 0 Å². The average molecular weight is 428 g/mol. The Bertz CT molecular complexity index is 915. The van der Waals surface area contributed by atoms with Gasteiger partial charge in [0.15, 0.2) is 0 Å². The molecule has 2 rings (SSSR count). The van der Waals surface area contributed by atoms with Crippen molar-refractivity contribution in [2.45, 2.75) is 39.3 Å². The summed E-state index contributed by atoms with van der Waals surface area (Å²) in [6, 6.07) is 10.1. The Morgan fingerprint density at radius 1 is 1.28 bits per heavy atom. The van der Waals surface area contributed by atoms with Gasteiger partial charge in [-0.2, -0.15) is 0 Å². The van der Waals surface area contributed by atoms with Crippen LogP contribution in [0.15, 0.2) is 108 Å². The minimum atomic E-state index is -0.131. The van der Waals surface area contributed by atoms with Crippen LogP contribution in [0.3, 0.4) is 0 Å². The number of hydrogen-bond acceptors (Lipinski definition) is 3. The highest BCUT2D eigenvalue weighted by molar-refractivity contribution is 5.98. The first-order valence-electron chi connectivity index (χ1n) is 11.4. The molecular weight excluding hydrogens is 390 g/mol. The van der Waals surface area contributed by atoms with Gasteiger partial charge in [-0.1, -0.05) is 93.8 Å². The molecule has 0 saturated heterocycles. The van der Waals surface area contributed by atoms with Crippen LogP contribution in [-0.4, -0.2) is 24.6 Å². The molecule has 0 aromatic heterocycles. The van der Waals surface area contributed by atoms with E-state index in [1.54, 1.807) is 0 Å². The van der Waals surface area contributed by atoms with E-state index in [2.05, 4.69) is 69.3 Å². The van der Waals surface area contributed by atoms with Crippen molar-refractivity contribution in [1.29, 1.82) is 5.41 Å². The molecule has 32 heavy (non-hydrogen) atoms. The molecule has 1 aromatic rings. The van der Waals surface area contributed by atoms with Crippen LogP contribution in [0.25, 0.3) is 0 Å². The van der Waals surface area contributed by atoms with Crippen molar-refractivity contribution in [2.75, 3.05) is 6.54 Å². The fourth-order valence-electron chi connectivity index (χ4n) is 3.41. The Labute approximate surface area is 194 Å². The van der Waals surface area contributed by atoms with Crippen LogP contribution in [0.1, 0.15) is 38.7 Å². The first-order chi connectivity index (χ1) is 15.4. The van der Waals surface area contributed by atoms with Crippen molar-refractivity contribution in [3.05, 3.63) is 109 Å². The number of aliphatic imine (C=N–C) groups is 1. The summed E-state index contributed by atoms with van der Waals surface area (Å²) < 4.78 is 0. The summed E-state index contributed by atoms with van der Waals surface area (Å²) in [5, 5.41) is 11.9. The van der Waals surface area contributed by atoms with Gasteiger partial charge in [0.25, 0.3) is 0 Å². The zero-order valence-electron chi connectivity index (χ0n) is 19.6. The molecule has 0 fully saturated rings. The topological polar surface area (TPSA) is 48.2 Å². The third kappa shape index (κ3) is 8.24. The molecule has 1 unspecified atom stereocenters. The number of nitrogens with zero attached hydrogens (tertiary/aromatic N) is 1. The lowest BCUT2D eigenvalue weighted by Gasteiger charge is -2.25. The standard InChI is InChI=1S/C29H37N3/c1-6-8-12-23(4)26-15-17-27(18-16-26)29(31-20-25-13-10-9-11-14-25)32-21-28(30)24(5)19-22(3)7-2/h7-17,20,22,27,29-30,32H,2,4-6,18-19,21H2,1,3H3/b12-8-,30-28?,31-20+/t22-,27?,29+/m0/s1. The van der Waals surface area contributed by atoms with Crippen molar-refractivity contribution in [1.82, 2.24) is 5.32 Å². The second-order valence-electron chi connectivity index (χ2n) is 8.27. The number of allylic oxidation sites excluding steroid dienone is 7. The molecule has 0 aliphatic heterocycles. The Morgan fingerprint density at radius 3 is 2.66 bits per heavy atom. The van der Waals surface area contributed by atoms with Gasteiger partial charge in [-0.15, -0.1) is 6.58 Å². The second kappa shape index (κ2) is 13.4. The summed E-state index contributed by atoms with van der Waals surface area (Å²) in [4.78, 5) is 4.85. The van der Waals surface area contributed by atoms with Gasteiger partial charge < -0.3 is 5.41 Å². The number of nitrogens with one attached hydrogen (secondary N) is 2. The number of rotatable bonds is 13. The monoisotopic (exact) mass is 427 g/mol. The molecule has 3 nitrogen and oxygen atoms in total. The van der Waals surface area contributed by atoms with Gasteiger partial charge in [-0.3, -0.25) is 10.3 Å². The van der Waals surface area contributed by atoms with Crippen LogP contribution in [-0.2, 0) is 0 Å². The van der Waals surface area contributed by atoms with E-state index in [-0.39, 0.29) is 12.1 Å². The average Bonchev–Trinajstić information content (AvgIpc) is 2.83. The SMILES string of the molecule is C=C[C@H](C)CC(=C)C(=N)CN[C@@H](/N=C/c1ccccc1)C1C=CC(C(=C)/C=C\CC)=CC1. The molecule has 0 saturated carbocycles. The van der Waals surface area contributed by atoms with Gasteiger partial charge >= 0.3 is 0 Å². The van der Waals surface area contributed by atoms with Crippen LogP contribution in [0.4, 0.5) is 0 Å². The van der Waals surface area contributed by atoms with E-state index in [0.717, 1.165) is 41.5 Å². The normalized spacial score (nSPS) is 17.8. The van der Waals surface area contributed by atoms with E-state index in [4.69, 9.17) is 10.4 Å². The fraction of sp³-hybridized carbons (Fsp3) is 0.310. The minimum absolute atomic E-state index is 0.131. The molecule has 0 spiro atoms. The third-order valence-electron chi connectivity index (χ3n) is 5.53. The lowest BCUT2D eigenvalue weighted by Crippen LogP contribution is -2.38. The maximum atomic E-state index is 8.42. The molecule has 0 heterocycles. The number of benzene rings is 1. The van der Waals surface area contributed by atoms with E-state index in [0.29, 0.717) is 18.2 Å². The first kappa shape index (κ1) is 25.2. The molecule has 0 bridgehead atoms. The minimum Gasteiger partial charge on any atom is -0.304 e. The van der Waals surface area contributed by atoms with E-state index in [1.165, 1.54) is 0 Å². The van der Waals surface area contributed by atoms with Crippen LogP contribution in [0, 0.1) is 17.2 Å². The maximum absolute atomic E-state index is 8.42. The van der Waals surface area contributed by atoms with Crippen LogP contribution >= 0.6 is 0 Å². The Hall–Kier alpha value is -3.04. The second-order valence-corrected chi connectivity index (χ2v) is 8.27. The quantitative estimate of drug-likeness (QED) is 0.202. The fourth-order valence-corrected chi connectivity index (χ4v) is 3.41. The molecule has 1 aliphatic carbocycles. The highest BCUT2D eigenvalue weighted by atomic mass is 15.1. The molecule has 168 valence electrons. The Morgan fingerprint density at radius 2 is 2.03 bits per heavy atom. The maximum Gasteiger partial charge on any atom is 0.106 e. The van der Waals surface area contributed by atoms with Gasteiger partial charge in [0, 0.05) is 24.4 Å². The number of hydrogen-bond donors (Lipinski definition) is 2. The molecule has 1 aromatic carbocycles. The Kier molecular flexibility index (Phi) is 10.6. The highest BCUT2D eigenvalue weighted by Crippen LogP contribution is 2.25. The largest absolute Gasteiger partial charge is 0.304 e. The summed E-state index contributed by atoms with van der Waals surface area (Å²) in [6.07, 6.45) is 17.1. The lowest BCUT2D eigenvalue weighted by atomic mass is 9.91. The van der Waals surface area contributed by atoms with E-state index in [9.17, 15) is 0 Å². The summed E-state index contributed by atoms with van der Waals surface area (Å²) in [5.41, 5.74) is 4.63. The predicted molar refractivity (Wildman–Crippen MR) is 141 cm³/mol. The first-order valence-corrected chi connectivity index (χ1v) is 11.4. The molecule has 3 atom stereocenters. The summed E-state index contributed by atoms with van der Waals surface area (Å²) in [5.74, 6) is 0.518.